The summed E-state index contributed by atoms with van der Waals surface area (Å²) < 4.78 is 0. The first-order chi connectivity index (χ1) is 8.24. The van der Waals surface area contributed by atoms with Crippen molar-refractivity contribution >= 4 is 5.91 Å². The maximum absolute atomic E-state index is 12.1. The Morgan fingerprint density at radius 1 is 1.24 bits per heavy atom. The predicted octanol–water partition coefficient (Wildman–Crippen LogP) is 2.06. The molecule has 4 unspecified atom stereocenters. The van der Waals surface area contributed by atoms with Gasteiger partial charge in [0, 0.05) is 12.6 Å². The summed E-state index contributed by atoms with van der Waals surface area (Å²) in [7, 11) is 0. The molecule has 3 nitrogen and oxygen atoms in total. The van der Waals surface area contributed by atoms with Crippen LogP contribution in [0.4, 0.5) is 0 Å². The molecule has 2 saturated carbocycles. The SMILES string of the molecule is CCCCCCNC(=O)C1C2CCC(C2)C1N. The zero-order valence-electron chi connectivity index (χ0n) is 11.0. The van der Waals surface area contributed by atoms with E-state index < -0.39 is 0 Å². The highest BCUT2D eigenvalue weighted by Crippen LogP contribution is 2.47. The third kappa shape index (κ3) is 2.82. The minimum absolute atomic E-state index is 0.111. The summed E-state index contributed by atoms with van der Waals surface area (Å²) in [6.07, 6.45) is 8.48. The van der Waals surface area contributed by atoms with Gasteiger partial charge in [0.25, 0.3) is 0 Å². The summed E-state index contributed by atoms with van der Waals surface area (Å²) in [6, 6.07) is 0.129. The van der Waals surface area contributed by atoms with Crippen LogP contribution in [0.25, 0.3) is 0 Å². The van der Waals surface area contributed by atoms with E-state index in [4.69, 9.17) is 5.73 Å². The molecule has 17 heavy (non-hydrogen) atoms. The van der Waals surface area contributed by atoms with Gasteiger partial charge >= 0.3 is 0 Å². The van der Waals surface area contributed by atoms with Gasteiger partial charge in [0.2, 0.25) is 5.91 Å². The van der Waals surface area contributed by atoms with Crippen LogP contribution in [0, 0.1) is 17.8 Å². The first kappa shape index (κ1) is 12.9. The van der Waals surface area contributed by atoms with Gasteiger partial charge < -0.3 is 11.1 Å². The molecule has 0 spiro atoms. The highest BCUT2D eigenvalue weighted by Gasteiger charge is 2.48. The lowest BCUT2D eigenvalue weighted by atomic mass is 9.84. The molecule has 3 N–H and O–H groups in total. The molecule has 0 aromatic carbocycles. The van der Waals surface area contributed by atoms with Crippen LogP contribution in [-0.4, -0.2) is 18.5 Å². The normalized spacial score (nSPS) is 35.2. The number of carbonyl (C=O) groups excluding carboxylic acids is 1. The minimum atomic E-state index is 0.111. The Bertz CT molecular complexity index is 265. The summed E-state index contributed by atoms with van der Waals surface area (Å²) in [6.45, 7) is 3.03. The van der Waals surface area contributed by atoms with E-state index >= 15 is 0 Å². The molecule has 3 heteroatoms. The lowest BCUT2D eigenvalue weighted by molar-refractivity contribution is -0.127. The second-order valence-corrected chi connectivity index (χ2v) is 5.79. The fourth-order valence-corrected chi connectivity index (χ4v) is 3.61. The molecule has 1 amide bonds. The van der Waals surface area contributed by atoms with Gasteiger partial charge in [-0.1, -0.05) is 26.2 Å². The van der Waals surface area contributed by atoms with Gasteiger partial charge in [0.15, 0.2) is 0 Å². The molecule has 98 valence electrons. The number of nitrogens with one attached hydrogen (secondary N) is 1. The van der Waals surface area contributed by atoms with Gasteiger partial charge in [0.1, 0.15) is 0 Å². The van der Waals surface area contributed by atoms with Crippen LogP contribution in [0.3, 0.4) is 0 Å². The number of fused-ring (bicyclic) bond motifs is 2. The molecule has 2 aliphatic rings. The molecule has 0 aromatic rings. The Hall–Kier alpha value is -0.570. The topological polar surface area (TPSA) is 55.1 Å². The number of unbranched alkanes of at least 4 members (excludes halogenated alkanes) is 3. The van der Waals surface area contributed by atoms with E-state index in [1.807, 2.05) is 0 Å². The van der Waals surface area contributed by atoms with Crippen molar-refractivity contribution in [3.05, 3.63) is 0 Å². The molecule has 0 aromatic heterocycles. The summed E-state index contributed by atoms with van der Waals surface area (Å²) in [5.41, 5.74) is 6.16. The maximum Gasteiger partial charge on any atom is 0.224 e. The number of hydrogen-bond donors (Lipinski definition) is 2. The van der Waals surface area contributed by atoms with Crippen molar-refractivity contribution in [2.24, 2.45) is 23.5 Å². The van der Waals surface area contributed by atoms with Crippen LogP contribution >= 0.6 is 0 Å². The van der Waals surface area contributed by atoms with E-state index in [1.54, 1.807) is 0 Å². The van der Waals surface area contributed by atoms with Crippen LogP contribution in [-0.2, 0) is 4.79 Å². The van der Waals surface area contributed by atoms with Crippen LogP contribution in [0.15, 0.2) is 0 Å². The van der Waals surface area contributed by atoms with Crippen molar-refractivity contribution < 1.29 is 4.79 Å². The molecule has 2 rings (SSSR count). The second-order valence-electron chi connectivity index (χ2n) is 5.79. The third-order valence-electron chi connectivity index (χ3n) is 4.61. The van der Waals surface area contributed by atoms with Gasteiger partial charge in [-0.05, 0) is 37.5 Å². The maximum atomic E-state index is 12.1. The van der Waals surface area contributed by atoms with Gasteiger partial charge in [-0.25, -0.2) is 0 Å². The van der Waals surface area contributed by atoms with E-state index in [0.717, 1.165) is 13.0 Å². The Kier molecular flexibility index (Phi) is 4.43. The number of rotatable bonds is 6. The van der Waals surface area contributed by atoms with Crippen molar-refractivity contribution in [1.82, 2.24) is 5.32 Å². The Labute approximate surface area is 105 Å². The van der Waals surface area contributed by atoms with Crippen LogP contribution in [0.2, 0.25) is 0 Å². The largest absolute Gasteiger partial charge is 0.356 e. The Morgan fingerprint density at radius 3 is 2.65 bits per heavy atom. The molecule has 0 radical (unpaired) electrons. The minimum Gasteiger partial charge on any atom is -0.356 e. The monoisotopic (exact) mass is 238 g/mol. The van der Waals surface area contributed by atoms with Crippen LogP contribution in [0.5, 0.6) is 0 Å². The van der Waals surface area contributed by atoms with Crippen molar-refractivity contribution in [3.63, 3.8) is 0 Å². The molecule has 4 atom stereocenters. The number of hydrogen-bond acceptors (Lipinski definition) is 2. The van der Waals surface area contributed by atoms with E-state index in [-0.39, 0.29) is 17.9 Å². The average molecular weight is 238 g/mol. The number of amides is 1. The zero-order valence-corrected chi connectivity index (χ0v) is 11.0. The predicted molar refractivity (Wildman–Crippen MR) is 69.4 cm³/mol. The van der Waals surface area contributed by atoms with Crippen molar-refractivity contribution in [1.29, 1.82) is 0 Å². The van der Waals surface area contributed by atoms with E-state index in [1.165, 1.54) is 38.5 Å². The summed E-state index contributed by atoms with van der Waals surface area (Å²) in [5, 5.41) is 3.08. The van der Waals surface area contributed by atoms with Crippen LogP contribution in [0.1, 0.15) is 51.9 Å². The fraction of sp³-hybridized carbons (Fsp3) is 0.929. The highest BCUT2D eigenvalue weighted by molar-refractivity contribution is 5.80. The summed E-state index contributed by atoms with van der Waals surface area (Å²) in [5.74, 6) is 1.53. The van der Waals surface area contributed by atoms with E-state index in [9.17, 15) is 4.79 Å². The van der Waals surface area contributed by atoms with Crippen molar-refractivity contribution in [3.8, 4) is 0 Å². The average Bonchev–Trinajstić information content (AvgIpc) is 2.89. The number of carbonyl (C=O) groups is 1. The molecule has 0 heterocycles. The lowest BCUT2D eigenvalue weighted by Crippen LogP contribution is -2.45. The van der Waals surface area contributed by atoms with Gasteiger partial charge in [-0.2, -0.15) is 0 Å². The first-order valence-corrected chi connectivity index (χ1v) is 7.27. The molecule has 0 aliphatic heterocycles. The molecule has 2 aliphatic carbocycles. The van der Waals surface area contributed by atoms with Gasteiger partial charge in [-0.15, -0.1) is 0 Å². The molecule has 2 fully saturated rings. The number of nitrogens with two attached hydrogens (primary N) is 1. The summed E-state index contributed by atoms with van der Waals surface area (Å²) >= 11 is 0. The Morgan fingerprint density at radius 2 is 2.00 bits per heavy atom. The summed E-state index contributed by atoms with van der Waals surface area (Å²) in [4.78, 5) is 12.1. The third-order valence-corrected chi connectivity index (χ3v) is 4.61. The standard InChI is InChI=1S/C14H26N2O/c1-2-3-4-5-8-16-14(17)12-10-6-7-11(9-10)13(12)15/h10-13H,2-9,15H2,1H3,(H,16,17). The second kappa shape index (κ2) is 5.85. The first-order valence-electron chi connectivity index (χ1n) is 7.27. The van der Waals surface area contributed by atoms with E-state index in [0.29, 0.717) is 11.8 Å². The highest BCUT2D eigenvalue weighted by atomic mass is 16.1. The van der Waals surface area contributed by atoms with Crippen molar-refractivity contribution in [2.45, 2.75) is 57.9 Å². The van der Waals surface area contributed by atoms with Crippen LogP contribution < -0.4 is 11.1 Å². The van der Waals surface area contributed by atoms with Gasteiger partial charge in [0.05, 0.1) is 5.92 Å². The molecular formula is C14H26N2O. The quantitative estimate of drug-likeness (QED) is 0.696. The molecule has 2 bridgehead atoms. The zero-order chi connectivity index (χ0) is 12.3. The van der Waals surface area contributed by atoms with Crippen molar-refractivity contribution in [2.75, 3.05) is 6.54 Å². The lowest BCUT2D eigenvalue weighted by Gasteiger charge is -2.27. The Balaban J connectivity index is 1.69. The van der Waals surface area contributed by atoms with E-state index in [2.05, 4.69) is 12.2 Å². The fourth-order valence-electron chi connectivity index (χ4n) is 3.61. The molecular weight excluding hydrogens is 212 g/mol. The molecule has 0 saturated heterocycles. The smallest absolute Gasteiger partial charge is 0.224 e. The van der Waals surface area contributed by atoms with Gasteiger partial charge in [-0.3, -0.25) is 4.79 Å².